The van der Waals surface area contributed by atoms with Crippen LogP contribution >= 0.6 is 15.9 Å². The van der Waals surface area contributed by atoms with Crippen molar-refractivity contribution in [3.63, 3.8) is 0 Å². The molecule has 7 heteroatoms. The maximum atomic E-state index is 11.3. The van der Waals surface area contributed by atoms with Crippen molar-refractivity contribution in [2.24, 2.45) is 5.10 Å². The Morgan fingerprint density at radius 1 is 1.45 bits per heavy atom. The first-order valence-electron chi connectivity index (χ1n) is 5.83. The van der Waals surface area contributed by atoms with Crippen LogP contribution < -0.4 is 11.0 Å². The molecule has 6 nitrogen and oxygen atoms in total. The van der Waals surface area contributed by atoms with E-state index >= 15 is 0 Å². The van der Waals surface area contributed by atoms with Crippen molar-refractivity contribution in [2.45, 2.75) is 13.8 Å². The first kappa shape index (κ1) is 14.3. The van der Waals surface area contributed by atoms with Crippen LogP contribution in [0.5, 0.6) is 5.75 Å². The number of nitrogens with one attached hydrogen (secondary N) is 2. The first-order valence-corrected chi connectivity index (χ1v) is 6.62. The molecule has 2 aromatic rings. The highest BCUT2D eigenvalue weighted by Gasteiger charge is 2.05. The zero-order chi connectivity index (χ0) is 14.7. The van der Waals surface area contributed by atoms with E-state index < -0.39 is 0 Å². The van der Waals surface area contributed by atoms with Gasteiger partial charge in [-0.1, -0.05) is 15.9 Å². The van der Waals surface area contributed by atoms with Gasteiger partial charge >= 0.3 is 0 Å². The van der Waals surface area contributed by atoms with E-state index in [9.17, 15) is 9.90 Å². The number of halogens is 1. The van der Waals surface area contributed by atoms with Gasteiger partial charge in [0.25, 0.3) is 5.56 Å². The molecule has 0 radical (unpaired) electrons. The molecule has 0 aliphatic carbocycles. The lowest BCUT2D eigenvalue weighted by Gasteiger charge is -2.06. The molecule has 0 unspecified atom stereocenters. The number of phenols is 1. The Kier molecular flexibility index (Phi) is 4.19. The monoisotopic (exact) mass is 336 g/mol. The fourth-order valence-corrected chi connectivity index (χ4v) is 1.99. The summed E-state index contributed by atoms with van der Waals surface area (Å²) in [5, 5.41) is 13.9. The molecule has 2 rings (SSSR count). The Morgan fingerprint density at radius 3 is 2.90 bits per heavy atom. The average molecular weight is 337 g/mol. The van der Waals surface area contributed by atoms with Crippen LogP contribution in [-0.4, -0.2) is 20.8 Å². The summed E-state index contributed by atoms with van der Waals surface area (Å²) in [5.74, 6) is 0.380. The van der Waals surface area contributed by atoms with Crippen molar-refractivity contribution in [3.8, 4) is 5.75 Å². The van der Waals surface area contributed by atoms with Crippen molar-refractivity contribution in [1.82, 2.24) is 9.97 Å². The topological polar surface area (TPSA) is 90.4 Å². The Labute approximate surface area is 123 Å². The van der Waals surface area contributed by atoms with Gasteiger partial charge < -0.3 is 5.11 Å². The van der Waals surface area contributed by atoms with Gasteiger partial charge in [0.05, 0.1) is 5.71 Å². The molecule has 3 N–H and O–H groups in total. The third-order valence-electron chi connectivity index (χ3n) is 2.55. The standard InChI is InChI=1S/C13H13BrN4O2/c1-7-5-12(20)16-13(15-7)18-17-8(2)10-6-9(14)3-4-11(10)19/h3-6,19H,1-2H3,(H2,15,16,18,20)/b17-8+. The summed E-state index contributed by atoms with van der Waals surface area (Å²) in [4.78, 5) is 17.9. The van der Waals surface area contributed by atoms with Crippen LogP contribution in [0.15, 0.2) is 38.6 Å². The summed E-state index contributed by atoms with van der Waals surface area (Å²) < 4.78 is 0.835. The second-order valence-electron chi connectivity index (χ2n) is 4.21. The van der Waals surface area contributed by atoms with Crippen LogP contribution in [0.1, 0.15) is 18.2 Å². The molecular weight excluding hydrogens is 324 g/mol. The molecule has 0 saturated heterocycles. The smallest absolute Gasteiger partial charge is 0.252 e. The lowest BCUT2D eigenvalue weighted by Crippen LogP contribution is -2.11. The molecule has 1 aromatic heterocycles. The molecule has 0 atom stereocenters. The Balaban J connectivity index is 2.26. The van der Waals surface area contributed by atoms with Gasteiger partial charge in [0.15, 0.2) is 0 Å². The second-order valence-corrected chi connectivity index (χ2v) is 5.12. The van der Waals surface area contributed by atoms with Crippen molar-refractivity contribution in [2.75, 3.05) is 5.43 Å². The fraction of sp³-hybridized carbons (Fsp3) is 0.154. The third kappa shape index (κ3) is 3.45. The minimum atomic E-state index is -0.252. The van der Waals surface area contributed by atoms with Gasteiger partial charge in [-0.25, -0.2) is 10.4 Å². The molecule has 0 amide bonds. The predicted molar refractivity (Wildman–Crippen MR) is 81.2 cm³/mol. The zero-order valence-electron chi connectivity index (χ0n) is 10.9. The number of aromatic hydroxyl groups is 1. The van der Waals surface area contributed by atoms with E-state index in [1.807, 2.05) is 0 Å². The number of rotatable bonds is 3. The van der Waals surface area contributed by atoms with E-state index in [-0.39, 0.29) is 17.3 Å². The lowest BCUT2D eigenvalue weighted by atomic mass is 10.1. The number of hydrogen-bond acceptors (Lipinski definition) is 5. The number of H-pyrrole nitrogens is 1. The zero-order valence-corrected chi connectivity index (χ0v) is 12.5. The summed E-state index contributed by atoms with van der Waals surface area (Å²) in [6.45, 7) is 3.46. The number of aromatic nitrogens is 2. The molecule has 0 aliphatic heterocycles. The summed E-state index contributed by atoms with van der Waals surface area (Å²) in [6.07, 6.45) is 0. The summed E-state index contributed by atoms with van der Waals surface area (Å²) in [6, 6.07) is 6.45. The van der Waals surface area contributed by atoms with Gasteiger partial charge in [0.2, 0.25) is 5.95 Å². The van der Waals surface area contributed by atoms with E-state index in [1.165, 1.54) is 6.07 Å². The number of aryl methyl sites for hydroxylation is 1. The van der Waals surface area contributed by atoms with Crippen molar-refractivity contribution in [1.29, 1.82) is 0 Å². The van der Waals surface area contributed by atoms with Crippen molar-refractivity contribution >= 4 is 27.6 Å². The summed E-state index contributed by atoms with van der Waals surface area (Å²) in [7, 11) is 0. The molecule has 0 fully saturated rings. The highest BCUT2D eigenvalue weighted by atomic mass is 79.9. The van der Waals surface area contributed by atoms with Gasteiger partial charge in [0, 0.05) is 21.8 Å². The van der Waals surface area contributed by atoms with Crippen LogP contribution in [0, 0.1) is 6.92 Å². The number of hydrogen-bond donors (Lipinski definition) is 3. The van der Waals surface area contributed by atoms with Crippen LogP contribution in [-0.2, 0) is 0 Å². The highest BCUT2D eigenvalue weighted by molar-refractivity contribution is 9.10. The van der Waals surface area contributed by atoms with E-state index in [4.69, 9.17) is 0 Å². The minimum absolute atomic E-state index is 0.127. The molecule has 0 spiro atoms. The summed E-state index contributed by atoms with van der Waals surface area (Å²) >= 11 is 3.33. The van der Waals surface area contributed by atoms with Crippen LogP contribution in [0.3, 0.4) is 0 Å². The van der Waals surface area contributed by atoms with Gasteiger partial charge in [0.1, 0.15) is 5.75 Å². The molecule has 1 heterocycles. The molecular formula is C13H13BrN4O2. The SMILES string of the molecule is C/C(=N\Nc1nc(C)cc(=O)[nH]1)c1cc(Br)ccc1O. The number of nitrogens with zero attached hydrogens (tertiary/aromatic N) is 2. The molecule has 1 aromatic carbocycles. The van der Waals surface area contributed by atoms with Gasteiger partial charge in [-0.15, -0.1) is 0 Å². The largest absolute Gasteiger partial charge is 0.507 e. The third-order valence-corrected chi connectivity index (χ3v) is 3.04. The number of phenolic OH excluding ortho intramolecular Hbond substituents is 1. The predicted octanol–water partition coefficient (Wildman–Crippen LogP) is 2.38. The second kappa shape index (κ2) is 5.87. The number of anilines is 1. The molecule has 20 heavy (non-hydrogen) atoms. The maximum Gasteiger partial charge on any atom is 0.252 e. The highest BCUT2D eigenvalue weighted by Crippen LogP contribution is 2.22. The lowest BCUT2D eigenvalue weighted by molar-refractivity contribution is 0.474. The van der Waals surface area contributed by atoms with Crippen LogP contribution in [0.4, 0.5) is 5.95 Å². The first-order chi connectivity index (χ1) is 9.45. The average Bonchev–Trinajstić information content (AvgIpc) is 2.38. The Bertz CT molecular complexity index is 725. The molecule has 0 aliphatic rings. The number of benzene rings is 1. The molecule has 104 valence electrons. The normalized spacial score (nSPS) is 11.4. The maximum absolute atomic E-state index is 11.3. The van der Waals surface area contributed by atoms with E-state index in [0.717, 1.165) is 4.47 Å². The van der Waals surface area contributed by atoms with Gasteiger partial charge in [-0.05, 0) is 32.0 Å². The van der Waals surface area contributed by atoms with Crippen molar-refractivity contribution in [3.05, 3.63) is 50.3 Å². The van der Waals surface area contributed by atoms with Crippen LogP contribution in [0.25, 0.3) is 0 Å². The quantitative estimate of drug-likeness (QED) is 0.592. The van der Waals surface area contributed by atoms with Gasteiger partial charge in [-0.2, -0.15) is 5.10 Å². The number of hydrazone groups is 1. The number of aromatic amines is 1. The van der Waals surface area contributed by atoms with Crippen molar-refractivity contribution < 1.29 is 5.11 Å². The van der Waals surface area contributed by atoms with E-state index in [1.54, 1.807) is 32.0 Å². The molecule has 0 bridgehead atoms. The Hall–Kier alpha value is -2.15. The summed E-state index contributed by atoms with van der Waals surface area (Å²) in [5.41, 5.74) is 4.15. The van der Waals surface area contributed by atoms with Crippen LogP contribution in [0.2, 0.25) is 0 Å². The Morgan fingerprint density at radius 2 is 2.20 bits per heavy atom. The van der Waals surface area contributed by atoms with E-state index in [2.05, 4.69) is 36.4 Å². The van der Waals surface area contributed by atoms with E-state index in [0.29, 0.717) is 17.0 Å². The molecule has 0 saturated carbocycles. The fourth-order valence-electron chi connectivity index (χ4n) is 1.63. The van der Waals surface area contributed by atoms with Gasteiger partial charge in [-0.3, -0.25) is 9.78 Å². The minimum Gasteiger partial charge on any atom is -0.507 e.